The van der Waals surface area contributed by atoms with Crippen LogP contribution in [0.4, 0.5) is 0 Å². The molecule has 1 aliphatic rings. The number of rotatable bonds is 5. The maximum absolute atomic E-state index is 11.6. The van der Waals surface area contributed by atoms with Crippen LogP contribution in [-0.2, 0) is 4.79 Å². The van der Waals surface area contributed by atoms with Gasteiger partial charge in [0.25, 0.3) is 0 Å². The minimum Gasteiger partial charge on any atom is -0.392 e. The Morgan fingerprint density at radius 2 is 2.40 bits per heavy atom. The van der Waals surface area contributed by atoms with Gasteiger partial charge in [0, 0.05) is 19.1 Å². The molecule has 1 saturated heterocycles. The first-order valence-corrected chi connectivity index (χ1v) is 5.81. The number of nitrogens with zero attached hydrogens (tertiary/aromatic N) is 1. The molecule has 2 unspecified atom stereocenters. The van der Waals surface area contributed by atoms with E-state index in [0.29, 0.717) is 13.1 Å². The summed E-state index contributed by atoms with van der Waals surface area (Å²) in [6.45, 7) is 6.02. The standard InChI is InChI=1S/C11H22N2O2/c1-3-4-9(2)12-11(15)8-13-6-5-10(14)7-13/h9-10,14H,3-8H2,1-2H3,(H,12,15). The van der Waals surface area contributed by atoms with Gasteiger partial charge in [0.2, 0.25) is 5.91 Å². The Bertz CT molecular complexity index is 209. The summed E-state index contributed by atoms with van der Waals surface area (Å²) in [5, 5.41) is 12.3. The molecule has 0 saturated carbocycles. The summed E-state index contributed by atoms with van der Waals surface area (Å²) in [5.74, 6) is 0.0741. The molecular weight excluding hydrogens is 192 g/mol. The Morgan fingerprint density at radius 1 is 1.67 bits per heavy atom. The smallest absolute Gasteiger partial charge is 0.234 e. The predicted octanol–water partition coefficient (Wildman–Crippen LogP) is 0.358. The Balaban J connectivity index is 2.18. The molecule has 0 aromatic carbocycles. The van der Waals surface area contributed by atoms with Crippen molar-refractivity contribution in [2.24, 2.45) is 0 Å². The normalized spacial score (nSPS) is 24.1. The SMILES string of the molecule is CCCC(C)NC(=O)CN1CCC(O)C1. The van der Waals surface area contributed by atoms with Crippen molar-refractivity contribution >= 4 is 5.91 Å². The van der Waals surface area contributed by atoms with E-state index < -0.39 is 0 Å². The second kappa shape index (κ2) is 6.08. The van der Waals surface area contributed by atoms with E-state index in [9.17, 15) is 9.90 Å². The molecule has 1 aliphatic heterocycles. The summed E-state index contributed by atoms with van der Waals surface area (Å²) < 4.78 is 0. The van der Waals surface area contributed by atoms with Crippen molar-refractivity contribution in [3.63, 3.8) is 0 Å². The van der Waals surface area contributed by atoms with Gasteiger partial charge in [-0.1, -0.05) is 13.3 Å². The molecule has 4 heteroatoms. The third-order valence-corrected chi connectivity index (χ3v) is 2.74. The maximum atomic E-state index is 11.6. The van der Waals surface area contributed by atoms with Crippen molar-refractivity contribution in [1.29, 1.82) is 0 Å². The predicted molar refractivity (Wildman–Crippen MR) is 59.6 cm³/mol. The lowest BCUT2D eigenvalue weighted by Gasteiger charge is -2.17. The summed E-state index contributed by atoms with van der Waals surface area (Å²) >= 11 is 0. The third-order valence-electron chi connectivity index (χ3n) is 2.74. The molecular formula is C11H22N2O2. The molecule has 1 fully saturated rings. The summed E-state index contributed by atoms with van der Waals surface area (Å²) in [7, 11) is 0. The number of aliphatic hydroxyl groups excluding tert-OH is 1. The lowest BCUT2D eigenvalue weighted by atomic mass is 10.2. The average Bonchev–Trinajstić information content (AvgIpc) is 2.51. The average molecular weight is 214 g/mol. The van der Waals surface area contributed by atoms with E-state index in [1.165, 1.54) is 0 Å². The zero-order valence-electron chi connectivity index (χ0n) is 9.70. The van der Waals surface area contributed by atoms with Crippen LogP contribution in [0.15, 0.2) is 0 Å². The molecule has 0 radical (unpaired) electrons. The number of β-amino-alcohol motifs (C(OH)–C–C–N with tert-alkyl or cyclic N) is 1. The quantitative estimate of drug-likeness (QED) is 0.694. The second-order valence-corrected chi connectivity index (χ2v) is 4.43. The van der Waals surface area contributed by atoms with Crippen LogP contribution in [0.25, 0.3) is 0 Å². The van der Waals surface area contributed by atoms with Crippen LogP contribution in [0.3, 0.4) is 0 Å². The molecule has 0 bridgehead atoms. The number of aliphatic hydroxyl groups is 1. The van der Waals surface area contributed by atoms with Crippen LogP contribution in [-0.4, -0.2) is 47.7 Å². The summed E-state index contributed by atoms with van der Waals surface area (Å²) in [6.07, 6.45) is 2.65. The van der Waals surface area contributed by atoms with Gasteiger partial charge in [-0.05, 0) is 19.8 Å². The Hall–Kier alpha value is -0.610. The molecule has 1 rings (SSSR count). The van der Waals surface area contributed by atoms with Gasteiger partial charge in [0.15, 0.2) is 0 Å². The first-order chi connectivity index (χ1) is 7.11. The molecule has 0 aromatic rings. The van der Waals surface area contributed by atoms with Gasteiger partial charge in [-0.2, -0.15) is 0 Å². The summed E-state index contributed by atoms with van der Waals surface area (Å²) in [6, 6.07) is 0.259. The monoisotopic (exact) mass is 214 g/mol. The molecule has 4 nitrogen and oxygen atoms in total. The molecule has 1 heterocycles. The lowest BCUT2D eigenvalue weighted by Crippen LogP contribution is -2.40. The van der Waals surface area contributed by atoms with E-state index in [2.05, 4.69) is 12.2 Å². The fraction of sp³-hybridized carbons (Fsp3) is 0.909. The molecule has 2 N–H and O–H groups in total. The van der Waals surface area contributed by atoms with Gasteiger partial charge < -0.3 is 10.4 Å². The van der Waals surface area contributed by atoms with Crippen LogP contribution in [0.2, 0.25) is 0 Å². The van der Waals surface area contributed by atoms with Crippen LogP contribution in [0.5, 0.6) is 0 Å². The van der Waals surface area contributed by atoms with Crippen LogP contribution in [0, 0.1) is 0 Å². The highest BCUT2D eigenvalue weighted by molar-refractivity contribution is 5.78. The highest BCUT2D eigenvalue weighted by Crippen LogP contribution is 2.07. The maximum Gasteiger partial charge on any atom is 0.234 e. The van der Waals surface area contributed by atoms with Crippen LogP contribution < -0.4 is 5.32 Å². The first-order valence-electron chi connectivity index (χ1n) is 5.81. The van der Waals surface area contributed by atoms with Gasteiger partial charge in [-0.15, -0.1) is 0 Å². The van der Waals surface area contributed by atoms with Gasteiger partial charge in [0.05, 0.1) is 12.6 Å². The van der Waals surface area contributed by atoms with E-state index in [0.717, 1.165) is 25.8 Å². The summed E-state index contributed by atoms with van der Waals surface area (Å²) in [4.78, 5) is 13.6. The summed E-state index contributed by atoms with van der Waals surface area (Å²) in [5.41, 5.74) is 0. The largest absolute Gasteiger partial charge is 0.392 e. The second-order valence-electron chi connectivity index (χ2n) is 4.43. The zero-order valence-corrected chi connectivity index (χ0v) is 9.70. The van der Waals surface area contributed by atoms with Gasteiger partial charge >= 0.3 is 0 Å². The fourth-order valence-electron chi connectivity index (χ4n) is 1.98. The van der Waals surface area contributed by atoms with Crippen LogP contribution >= 0.6 is 0 Å². The highest BCUT2D eigenvalue weighted by Gasteiger charge is 2.22. The van der Waals surface area contributed by atoms with Gasteiger partial charge in [-0.3, -0.25) is 9.69 Å². The molecule has 0 spiro atoms. The number of nitrogens with one attached hydrogen (secondary N) is 1. The van der Waals surface area contributed by atoms with Crippen molar-refractivity contribution in [2.45, 2.75) is 45.3 Å². The molecule has 1 amide bonds. The topological polar surface area (TPSA) is 52.6 Å². The van der Waals surface area contributed by atoms with Gasteiger partial charge in [-0.25, -0.2) is 0 Å². The number of likely N-dealkylation sites (tertiary alicyclic amines) is 1. The van der Waals surface area contributed by atoms with E-state index in [1.807, 2.05) is 11.8 Å². The zero-order chi connectivity index (χ0) is 11.3. The fourth-order valence-corrected chi connectivity index (χ4v) is 1.98. The minimum absolute atomic E-state index is 0.0741. The first kappa shape index (κ1) is 12.5. The number of amides is 1. The van der Waals surface area contributed by atoms with E-state index in [1.54, 1.807) is 0 Å². The van der Waals surface area contributed by atoms with E-state index in [-0.39, 0.29) is 18.1 Å². The van der Waals surface area contributed by atoms with Gasteiger partial charge in [0.1, 0.15) is 0 Å². The van der Waals surface area contributed by atoms with Crippen molar-refractivity contribution in [3.8, 4) is 0 Å². The van der Waals surface area contributed by atoms with Crippen LogP contribution in [0.1, 0.15) is 33.1 Å². The van der Waals surface area contributed by atoms with Crippen molar-refractivity contribution in [1.82, 2.24) is 10.2 Å². The van der Waals surface area contributed by atoms with E-state index >= 15 is 0 Å². The molecule has 0 aromatic heterocycles. The van der Waals surface area contributed by atoms with Crippen molar-refractivity contribution in [2.75, 3.05) is 19.6 Å². The minimum atomic E-state index is -0.245. The molecule has 15 heavy (non-hydrogen) atoms. The Morgan fingerprint density at radius 3 is 2.93 bits per heavy atom. The van der Waals surface area contributed by atoms with E-state index in [4.69, 9.17) is 0 Å². The van der Waals surface area contributed by atoms with Crippen molar-refractivity contribution < 1.29 is 9.90 Å². The van der Waals surface area contributed by atoms with Crippen molar-refractivity contribution in [3.05, 3.63) is 0 Å². The number of hydrogen-bond donors (Lipinski definition) is 2. The Kier molecular flexibility index (Phi) is 5.05. The lowest BCUT2D eigenvalue weighted by molar-refractivity contribution is -0.122. The third kappa shape index (κ3) is 4.62. The number of carbonyl (C=O) groups is 1. The molecule has 0 aliphatic carbocycles. The highest BCUT2D eigenvalue weighted by atomic mass is 16.3. The molecule has 2 atom stereocenters. The number of hydrogen-bond acceptors (Lipinski definition) is 3. The molecule has 88 valence electrons. The Labute approximate surface area is 91.6 Å². The number of carbonyl (C=O) groups excluding carboxylic acids is 1.